The molecule has 1 heterocycles. The Morgan fingerprint density at radius 2 is 1.88 bits per heavy atom. The summed E-state index contributed by atoms with van der Waals surface area (Å²) in [7, 11) is 0. The quantitative estimate of drug-likeness (QED) is 0.859. The summed E-state index contributed by atoms with van der Waals surface area (Å²) in [6.45, 7) is 0. The van der Waals surface area contributed by atoms with Crippen LogP contribution in [0.2, 0.25) is 5.15 Å². The highest BCUT2D eigenvalue weighted by Crippen LogP contribution is 2.28. The van der Waals surface area contributed by atoms with Crippen LogP contribution in [-0.4, -0.2) is 10.2 Å². The topological polar surface area (TPSA) is 37.8 Å². The Hall–Kier alpha value is -0.650. The molecule has 16 heavy (non-hydrogen) atoms. The maximum absolute atomic E-state index is 5.65. The Kier molecular flexibility index (Phi) is 3.78. The smallest absolute Gasteiger partial charge is 0.153 e. The van der Waals surface area contributed by atoms with Gasteiger partial charge in [0.05, 0.1) is 5.69 Å². The van der Waals surface area contributed by atoms with Crippen molar-refractivity contribution in [3.63, 3.8) is 0 Å². The lowest BCUT2D eigenvalue weighted by Crippen LogP contribution is -1.95. The lowest BCUT2D eigenvalue weighted by atomic mass is 10.3. The number of rotatable bonds is 2. The first kappa shape index (κ1) is 11.8. The van der Waals surface area contributed by atoms with Gasteiger partial charge in [0.25, 0.3) is 0 Å². The summed E-state index contributed by atoms with van der Waals surface area (Å²) in [5.41, 5.74) is 0.917. The van der Waals surface area contributed by atoms with Gasteiger partial charge in [0.1, 0.15) is 0 Å². The molecule has 0 unspecified atom stereocenters. The van der Waals surface area contributed by atoms with Gasteiger partial charge in [-0.3, -0.25) is 0 Å². The van der Waals surface area contributed by atoms with Gasteiger partial charge in [-0.2, -0.15) is 0 Å². The Morgan fingerprint density at radius 3 is 2.50 bits per heavy atom. The van der Waals surface area contributed by atoms with Crippen LogP contribution in [0.3, 0.4) is 0 Å². The molecule has 0 saturated heterocycles. The Labute approximate surface area is 114 Å². The van der Waals surface area contributed by atoms with Crippen molar-refractivity contribution < 1.29 is 0 Å². The van der Waals surface area contributed by atoms with Gasteiger partial charge >= 0.3 is 0 Å². The fourth-order valence-corrected chi connectivity index (χ4v) is 2.36. The number of hydrogen-bond donors (Lipinski definition) is 1. The maximum atomic E-state index is 5.65. The predicted octanol–water partition coefficient (Wildman–Crippen LogP) is 4.40. The van der Waals surface area contributed by atoms with Gasteiger partial charge < -0.3 is 5.32 Å². The fraction of sp³-hybridized carbons (Fsp3) is 0. The van der Waals surface area contributed by atoms with Crippen molar-refractivity contribution in [3.8, 4) is 0 Å². The second-order valence-electron chi connectivity index (χ2n) is 2.99. The van der Waals surface area contributed by atoms with Gasteiger partial charge in [0.2, 0.25) is 0 Å². The molecule has 0 aliphatic rings. The van der Waals surface area contributed by atoms with Crippen molar-refractivity contribution in [1.29, 1.82) is 0 Å². The van der Waals surface area contributed by atoms with Crippen molar-refractivity contribution in [1.82, 2.24) is 10.2 Å². The van der Waals surface area contributed by atoms with E-state index in [1.54, 1.807) is 12.1 Å². The zero-order valence-corrected chi connectivity index (χ0v) is 11.8. The molecule has 1 N–H and O–H groups in total. The Morgan fingerprint density at radius 1 is 1.06 bits per heavy atom. The normalized spacial score (nSPS) is 10.2. The number of anilines is 2. The van der Waals surface area contributed by atoms with Crippen LogP contribution in [-0.2, 0) is 0 Å². The molecule has 3 nitrogen and oxygen atoms in total. The van der Waals surface area contributed by atoms with Crippen LogP contribution in [0.1, 0.15) is 0 Å². The van der Waals surface area contributed by atoms with E-state index >= 15 is 0 Å². The summed E-state index contributed by atoms with van der Waals surface area (Å²) in [5, 5.41) is 11.2. The molecule has 1 aromatic carbocycles. The van der Waals surface area contributed by atoms with E-state index in [2.05, 4.69) is 47.4 Å². The first-order chi connectivity index (χ1) is 7.65. The molecule has 0 bridgehead atoms. The Balaban J connectivity index is 2.23. The fourth-order valence-electron chi connectivity index (χ4n) is 1.11. The van der Waals surface area contributed by atoms with E-state index in [0.29, 0.717) is 11.0 Å². The molecule has 2 aromatic rings. The largest absolute Gasteiger partial charge is 0.338 e. The van der Waals surface area contributed by atoms with E-state index in [9.17, 15) is 0 Å². The lowest BCUT2D eigenvalue weighted by molar-refractivity contribution is 1.04. The number of aromatic nitrogens is 2. The number of benzene rings is 1. The van der Waals surface area contributed by atoms with Gasteiger partial charge in [-0.05, 0) is 46.3 Å². The van der Waals surface area contributed by atoms with E-state index in [1.807, 2.05) is 18.2 Å². The van der Waals surface area contributed by atoms with Crippen LogP contribution in [0.15, 0.2) is 39.3 Å². The van der Waals surface area contributed by atoms with E-state index in [-0.39, 0.29) is 0 Å². The first-order valence-corrected chi connectivity index (χ1v) is 6.33. The molecule has 0 atom stereocenters. The average Bonchev–Trinajstić information content (AvgIpc) is 2.25. The predicted molar refractivity (Wildman–Crippen MR) is 72.2 cm³/mol. The highest BCUT2D eigenvalue weighted by Gasteiger charge is 2.02. The van der Waals surface area contributed by atoms with Gasteiger partial charge in [0.15, 0.2) is 11.0 Å². The van der Waals surface area contributed by atoms with Crippen LogP contribution in [0, 0.1) is 0 Å². The second-order valence-corrected chi connectivity index (χ2v) is 5.15. The molecule has 6 heteroatoms. The van der Waals surface area contributed by atoms with Crippen LogP contribution >= 0.6 is 43.5 Å². The van der Waals surface area contributed by atoms with Crippen molar-refractivity contribution in [2.75, 3.05) is 5.32 Å². The van der Waals surface area contributed by atoms with Crippen molar-refractivity contribution in [2.24, 2.45) is 0 Å². The van der Waals surface area contributed by atoms with E-state index in [0.717, 1.165) is 14.6 Å². The summed E-state index contributed by atoms with van der Waals surface area (Å²) in [4.78, 5) is 0. The highest BCUT2D eigenvalue weighted by atomic mass is 79.9. The maximum Gasteiger partial charge on any atom is 0.153 e. The molecule has 2 rings (SSSR count). The third kappa shape index (κ3) is 2.93. The molecule has 0 amide bonds. The summed E-state index contributed by atoms with van der Waals surface area (Å²) >= 11 is 12.5. The molecule has 0 radical (unpaired) electrons. The molecule has 0 saturated carbocycles. The standard InChI is InChI=1S/C10H6Br2ClN3/c11-6-1-2-8(7(12)5-6)14-10-4-3-9(13)15-16-10/h1-5H,(H,14,16). The summed E-state index contributed by atoms with van der Waals surface area (Å²) in [6, 6.07) is 9.28. The molecular weight excluding hydrogens is 357 g/mol. The minimum absolute atomic E-state index is 0.375. The monoisotopic (exact) mass is 361 g/mol. The van der Waals surface area contributed by atoms with Gasteiger partial charge in [-0.15, -0.1) is 10.2 Å². The third-order valence-corrected chi connectivity index (χ3v) is 3.18. The summed E-state index contributed by atoms with van der Waals surface area (Å²) < 4.78 is 1.95. The van der Waals surface area contributed by atoms with Crippen molar-refractivity contribution in [3.05, 3.63) is 44.4 Å². The van der Waals surface area contributed by atoms with Gasteiger partial charge in [0, 0.05) is 8.95 Å². The van der Waals surface area contributed by atoms with E-state index < -0.39 is 0 Å². The first-order valence-electron chi connectivity index (χ1n) is 4.36. The van der Waals surface area contributed by atoms with Crippen molar-refractivity contribution >= 4 is 55.0 Å². The lowest BCUT2D eigenvalue weighted by Gasteiger charge is -2.07. The average molecular weight is 363 g/mol. The highest BCUT2D eigenvalue weighted by molar-refractivity contribution is 9.11. The zero-order valence-electron chi connectivity index (χ0n) is 7.92. The van der Waals surface area contributed by atoms with Gasteiger partial charge in [-0.25, -0.2) is 0 Å². The Bertz CT molecular complexity index is 502. The third-order valence-electron chi connectivity index (χ3n) is 1.83. The number of halogens is 3. The minimum Gasteiger partial charge on any atom is -0.338 e. The molecular formula is C10H6Br2ClN3. The molecule has 0 aliphatic heterocycles. The van der Waals surface area contributed by atoms with Crippen LogP contribution in [0.5, 0.6) is 0 Å². The molecule has 1 aromatic heterocycles. The molecule has 0 fully saturated rings. The number of hydrogen-bond acceptors (Lipinski definition) is 3. The van der Waals surface area contributed by atoms with Crippen LogP contribution < -0.4 is 5.32 Å². The zero-order chi connectivity index (χ0) is 11.5. The van der Waals surface area contributed by atoms with E-state index in [1.165, 1.54) is 0 Å². The minimum atomic E-state index is 0.375. The van der Waals surface area contributed by atoms with Crippen molar-refractivity contribution in [2.45, 2.75) is 0 Å². The van der Waals surface area contributed by atoms with Crippen LogP contribution in [0.25, 0.3) is 0 Å². The number of nitrogens with one attached hydrogen (secondary N) is 1. The molecule has 0 aliphatic carbocycles. The van der Waals surface area contributed by atoms with E-state index in [4.69, 9.17) is 11.6 Å². The van der Waals surface area contributed by atoms with Gasteiger partial charge in [-0.1, -0.05) is 27.5 Å². The molecule has 82 valence electrons. The molecule has 0 spiro atoms. The second kappa shape index (κ2) is 5.12. The van der Waals surface area contributed by atoms with Crippen LogP contribution in [0.4, 0.5) is 11.5 Å². The summed E-state index contributed by atoms with van der Waals surface area (Å²) in [5.74, 6) is 0.646. The summed E-state index contributed by atoms with van der Waals surface area (Å²) in [6.07, 6.45) is 0. The SMILES string of the molecule is Clc1ccc(Nc2ccc(Br)cc2Br)nn1. The number of nitrogens with zero attached hydrogens (tertiary/aromatic N) is 2.